The lowest BCUT2D eigenvalue weighted by atomic mass is 10.2. The third kappa shape index (κ3) is 5.42. The smallest absolute Gasteiger partial charge is 0.234 e. The van der Waals surface area contributed by atoms with Crippen molar-refractivity contribution in [3.8, 4) is 22.8 Å². The van der Waals surface area contributed by atoms with Gasteiger partial charge < -0.3 is 10.1 Å². The number of halogens is 3. The molecule has 0 atom stereocenters. The number of benzene rings is 2. The second-order valence-corrected chi connectivity index (χ2v) is 8.69. The van der Waals surface area contributed by atoms with E-state index < -0.39 is 17.5 Å². The lowest BCUT2D eigenvalue weighted by molar-refractivity contribution is -0.113. The molecule has 4 rings (SSSR count). The molecule has 1 N–H and O–H groups in total. The topological polar surface area (TPSA) is 81.9 Å². The fraction of sp³-hybridized carbons (Fsp3) is 0.130. The van der Waals surface area contributed by atoms with Crippen LogP contribution in [0.4, 0.5) is 14.5 Å². The quantitative estimate of drug-likeness (QED) is 0.294. The maximum Gasteiger partial charge on any atom is 0.234 e. The molecule has 2 heterocycles. The average Bonchev–Trinajstić information content (AvgIpc) is 3.25. The molecule has 0 saturated heterocycles. The summed E-state index contributed by atoms with van der Waals surface area (Å²) in [5.41, 5.74) is 1.39. The summed E-state index contributed by atoms with van der Waals surface area (Å²) in [7, 11) is 0. The number of anilines is 1. The summed E-state index contributed by atoms with van der Waals surface area (Å²) < 4.78 is 34.8. The Kier molecular flexibility index (Phi) is 7.53. The minimum Gasteiger partial charge on any atom is -0.494 e. The first-order valence-electron chi connectivity index (χ1n) is 10.1. The van der Waals surface area contributed by atoms with Gasteiger partial charge in [-0.2, -0.15) is 0 Å². The number of amides is 1. The zero-order chi connectivity index (χ0) is 24.1. The van der Waals surface area contributed by atoms with Gasteiger partial charge in [0.1, 0.15) is 11.6 Å². The number of carbonyl (C=O) groups is 1. The molecule has 1 amide bonds. The molecule has 2 aromatic carbocycles. The van der Waals surface area contributed by atoms with Crippen LogP contribution in [0.2, 0.25) is 0 Å². The number of carbonyl (C=O) groups excluding carboxylic acids is 1. The molecule has 174 valence electrons. The predicted molar refractivity (Wildman–Crippen MR) is 129 cm³/mol. The van der Waals surface area contributed by atoms with Gasteiger partial charge in [0.25, 0.3) is 0 Å². The third-order valence-electron chi connectivity index (χ3n) is 4.56. The van der Waals surface area contributed by atoms with Crippen LogP contribution in [-0.2, 0) is 4.79 Å². The summed E-state index contributed by atoms with van der Waals surface area (Å²) >= 11 is 4.19. The molecule has 7 nitrogen and oxygen atoms in total. The number of nitrogens with one attached hydrogen (secondary N) is 1. The minimum absolute atomic E-state index is 0.0779. The maximum absolute atomic E-state index is 14.1. The second kappa shape index (κ2) is 10.7. The van der Waals surface area contributed by atoms with E-state index in [0.717, 1.165) is 34.8 Å². The number of thioether (sulfide) groups is 1. The van der Waals surface area contributed by atoms with Crippen molar-refractivity contribution < 1.29 is 18.3 Å². The van der Waals surface area contributed by atoms with Gasteiger partial charge in [0.2, 0.25) is 5.91 Å². The van der Waals surface area contributed by atoms with Crippen molar-refractivity contribution in [2.24, 2.45) is 0 Å². The van der Waals surface area contributed by atoms with E-state index in [-0.39, 0.29) is 15.9 Å². The van der Waals surface area contributed by atoms with Gasteiger partial charge in [0, 0.05) is 34.2 Å². The summed E-state index contributed by atoms with van der Waals surface area (Å²) in [6.07, 6.45) is 3.33. The van der Waals surface area contributed by atoms with Crippen LogP contribution in [0.25, 0.3) is 17.1 Å². The fourth-order valence-electron chi connectivity index (χ4n) is 3.10. The van der Waals surface area contributed by atoms with Gasteiger partial charge in [-0.05, 0) is 65.3 Å². The summed E-state index contributed by atoms with van der Waals surface area (Å²) in [6, 6.07) is 12.8. The van der Waals surface area contributed by atoms with Crippen LogP contribution in [-0.4, -0.2) is 38.0 Å². The largest absolute Gasteiger partial charge is 0.494 e. The van der Waals surface area contributed by atoms with E-state index in [1.165, 1.54) is 0 Å². The molecule has 0 spiro atoms. The van der Waals surface area contributed by atoms with E-state index in [2.05, 4.69) is 36.4 Å². The number of hydrogen-bond donors (Lipinski definition) is 1. The number of nitrogens with zero attached hydrogens (tertiary/aromatic N) is 4. The van der Waals surface area contributed by atoms with Crippen molar-refractivity contribution in [3.05, 3.63) is 77.0 Å². The van der Waals surface area contributed by atoms with Gasteiger partial charge >= 0.3 is 0 Å². The summed E-state index contributed by atoms with van der Waals surface area (Å²) in [6.45, 7) is 2.46. The Morgan fingerprint density at radius 3 is 2.65 bits per heavy atom. The molecular weight excluding hydrogens is 528 g/mol. The highest BCUT2D eigenvalue weighted by Crippen LogP contribution is 2.30. The monoisotopic (exact) mass is 545 g/mol. The summed E-state index contributed by atoms with van der Waals surface area (Å²) in [5.74, 6) is -0.911. The van der Waals surface area contributed by atoms with E-state index >= 15 is 0 Å². The van der Waals surface area contributed by atoms with Gasteiger partial charge in [-0.25, -0.2) is 8.78 Å². The highest BCUT2D eigenvalue weighted by atomic mass is 79.9. The summed E-state index contributed by atoms with van der Waals surface area (Å²) in [5, 5.41) is 11.5. The molecule has 0 saturated carbocycles. The Labute approximate surface area is 206 Å². The molecule has 0 radical (unpaired) electrons. The maximum atomic E-state index is 14.1. The Morgan fingerprint density at radius 1 is 1.18 bits per heavy atom. The number of rotatable bonds is 8. The van der Waals surface area contributed by atoms with Gasteiger partial charge in [0.15, 0.2) is 16.8 Å². The van der Waals surface area contributed by atoms with E-state index in [1.807, 2.05) is 37.3 Å². The van der Waals surface area contributed by atoms with Crippen molar-refractivity contribution in [1.82, 2.24) is 19.7 Å². The molecule has 0 aliphatic carbocycles. The second-order valence-electron chi connectivity index (χ2n) is 6.89. The number of ether oxygens (including phenoxy) is 1. The first-order chi connectivity index (χ1) is 16.5. The van der Waals surface area contributed by atoms with E-state index in [9.17, 15) is 13.6 Å². The van der Waals surface area contributed by atoms with Crippen LogP contribution >= 0.6 is 27.7 Å². The number of pyridine rings is 1. The number of hydrogen-bond acceptors (Lipinski definition) is 6. The van der Waals surface area contributed by atoms with E-state index in [0.29, 0.717) is 23.7 Å². The standard InChI is InChI=1S/C23H18BrF2N5O2S/c1-2-33-17-7-5-16(6-8-17)31-22(14-4-3-9-27-12-14)29-30-23(31)34-13-20(32)28-21-18(24)10-15(25)11-19(21)26/h3-12H,2,13H2,1H3,(H,28,32). The molecule has 2 aromatic heterocycles. The zero-order valence-corrected chi connectivity index (χ0v) is 20.2. The Hall–Kier alpha value is -3.31. The highest BCUT2D eigenvalue weighted by Gasteiger charge is 2.19. The molecule has 4 aromatic rings. The third-order valence-corrected chi connectivity index (χ3v) is 6.12. The molecule has 11 heteroatoms. The summed E-state index contributed by atoms with van der Waals surface area (Å²) in [4.78, 5) is 16.7. The zero-order valence-electron chi connectivity index (χ0n) is 17.8. The minimum atomic E-state index is -0.873. The Balaban J connectivity index is 1.59. The lowest BCUT2D eigenvalue weighted by Crippen LogP contribution is -2.16. The van der Waals surface area contributed by atoms with Crippen LogP contribution in [0, 0.1) is 11.6 Å². The van der Waals surface area contributed by atoms with Crippen molar-refractivity contribution in [3.63, 3.8) is 0 Å². The molecular formula is C23H18BrF2N5O2S. The molecule has 34 heavy (non-hydrogen) atoms. The van der Waals surface area contributed by atoms with Crippen LogP contribution in [0.5, 0.6) is 5.75 Å². The van der Waals surface area contributed by atoms with E-state index in [1.54, 1.807) is 23.0 Å². The van der Waals surface area contributed by atoms with Gasteiger partial charge in [-0.3, -0.25) is 14.3 Å². The molecule has 0 aliphatic heterocycles. The fourth-order valence-corrected chi connectivity index (χ4v) is 4.36. The first-order valence-corrected chi connectivity index (χ1v) is 11.9. The predicted octanol–water partition coefficient (Wildman–Crippen LogP) is 5.50. The average molecular weight is 546 g/mol. The highest BCUT2D eigenvalue weighted by molar-refractivity contribution is 9.10. The molecule has 0 unspecified atom stereocenters. The van der Waals surface area contributed by atoms with Crippen molar-refractivity contribution in [2.45, 2.75) is 12.1 Å². The van der Waals surface area contributed by atoms with Gasteiger partial charge in [-0.15, -0.1) is 10.2 Å². The van der Waals surface area contributed by atoms with Crippen molar-refractivity contribution in [2.75, 3.05) is 17.7 Å². The van der Waals surface area contributed by atoms with Crippen molar-refractivity contribution in [1.29, 1.82) is 0 Å². The molecule has 0 aliphatic rings. The van der Waals surface area contributed by atoms with Crippen molar-refractivity contribution >= 4 is 39.3 Å². The Bertz CT molecular complexity index is 1280. The number of aromatic nitrogens is 4. The first kappa shape index (κ1) is 23.8. The molecule has 0 fully saturated rings. The van der Waals surface area contributed by atoms with Gasteiger partial charge in [-0.1, -0.05) is 11.8 Å². The SMILES string of the molecule is CCOc1ccc(-n2c(SCC(=O)Nc3c(F)cc(F)cc3Br)nnc2-c2cccnc2)cc1. The van der Waals surface area contributed by atoms with Crippen LogP contribution in [0.15, 0.2) is 70.6 Å². The normalized spacial score (nSPS) is 10.8. The van der Waals surface area contributed by atoms with E-state index in [4.69, 9.17) is 4.74 Å². The van der Waals surface area contributed by atoms with Crippen LogP contribution in [0.3, 0.4) is 0 Å². The van der Waals surface area contributed by atoms with Gasteiger partial charge in [0.05, 0.1) is 18.0 Å². The lowest BCUT2D eigenvalue weighted by Gasteiger charge is -2.12. The van der Waals surface area contributed by atoms with Crippen LogP contribution in [0.1, 0.15) is 6.92 Å². The van der Waals surface area contributed by atoms with Crippen LogP contribution < -0.4 is 10.1 Å². The molecule has 0 bridgehead atoms. The Morgan fingerprint density at radius 2 is 1.97 bits per heavy atom.